The van der Waals surface area contributed by atoms with Crippen LogP contribution in [-0.4, -0.2) is 76.4 Å². The van der Waals surface area contributed by atoms with E-state index in [0.717, 1.165) is 48.5 Å². The van der Waals surface area contributed by atoms with Crippen molar-refractivity contribution in [1.82, 2.24) is 20.5 Å². The molecule has 2 aliphatic rings. The molecule has 4 aromatic carbocycles. The third-order valence-corrected chi connectivity index (χ3v) is 11.7. The van der Waals surface area contributed by atoms with Crippen molar-refractivity contribution in [2.24, 2.45) is 0 Å². The molecule has 318 valence electrons. The fraction of sp³-hybridized carbons (Fsp3) is 0.283. The normalized spacial score (nSPS) is 14.6. The van der Waals surface area contributed by atoms with Crippen LogP contribution in [0.25, 0.3) is 22.3 Å². The monoisotopic (exact) mass is 894 g/mol. The van der Waals surface area contributed by atoms with Crippen LogP contribution in [0, 0.1) is 22.7 Å². The smallest absolute Gasteiger partial charge is 0.306 e. The molecule has 0 bridgehead atoms. The van der Waals surface area contributed by atoms with Crippen LogP contribution in [0.5, 0.6) is 17.5 Å². The van der Waals surface area contributed by atoms with Gasteiger partial charge in [0.15, 0.2) is 0 Å². The first kappa shape index (κ1) is 44.2. The van der Waals surface area contributed by atoms with Crippen LogP contribution < -0.4 is 24.8 Å². The first-order chi connectivity index (χ1) is 29.9. The summed E-state index contributed by atoms with van der Waals surface area (Å²) in [5.74, 6) is -0.0887. The summed E-state index contributed by atoms with van der Waals surface area (Å²) in [6.07, 6.45) is -0.0641. The molecule has 7 rings (SSSR count). The molecule has 16 heteroatoms. The Bertz CT molecular complexity index is 2520. The second-order valence-electron chi connectivity index (χ2n) is 15.2. The number of aliphatic carboxylic acids is 1. The number of benzene rings is 4. The van der Waals surface area contributed by atoms with Crippen LogP contribution in [0.4, 0.5) is 0 Å². The molecule has 5 aromatic rings. The van der Waals surface area contributed by atoms with Gasteiger partial charge in [-0.1, -0.05) is 83.3 Å². The molecule has 0 saturated carbocycles. The predicted octanol–water partition coefficient (Wildman–Crippen LogP) is 7.55. The number of nitrogens with zero attached hydrogens (tertiary/aromatic N) is 4. The summed E-state index contributed by atoms with van der Waals surface area (Å²) in [6, 6.07) is 29.4. The third kappa shape index (κ3) is 10.8. The van der Waals surface area contributed by atoms with E-state index in [9.17, 15) is 25.2 Å². The Balaban J connectivity index is 1.03. The standard InChI is InChI=1S/C46H41Cl3N6O7/c47-39-18-33(22-52-23-34(56)19-41(58)59)44(61-24-30-16-28(20-50)15-29(17-30)21-51)53-45(39)62-25-32-3-1-5-37(42(32)48)38-6-2-4-36(43(38)49)31-7-9-35(10-8-31)60-14-13-55-26-46(27-55)12-11-40(57)54-46/h1-10,15-18,34,52,56H,11-14,19,22-27H2,(H,54,57)(H,58,59)/t34-/m0/s1. The highest BCUT2D eigenvalue weighted by Crippen LogP contribution is 2.41. The number of ether oxygens (including phenoxy) is 3. The van der Waals surface area contributed by atoms with E-state index in [1.165, 1.54) is 6.07 Å². The van der Waals surface area contributed by atoms with Crippen LogP contribution in [0.15, 0.2) is 84.9 Å². The summed E-state index contributed by atoms with van der Waals surface area (Å²) in [4.78, 5) is 29.5. The molecule has 13 nitrogen and oxygen atoms in total. The summed E-state index contributed by atoms with van der Waals surface area (Å²) in [6.45, 7) is 3.02. The highest BCUT2D eigenvalue weighted by atomic mass is 35.5. The van der Waals surface area contributed by atoms with E-state index >= 15 is 0 Å². The molecular formula is C46H41Cl3N6O7. The Morgan fingerprint density at radius 2 is 1.55 bits per heavy atom. The molecule has 2 saturated heterocycles. The highest BCUT2D eigenvalue weighted by Gasteiger charge is 2.47. The largest absolute Gasteiger partial charge is 0.492 e. The zero-order chi connectivity index (χ0) is 43.8. The van der Waals surface area contributed by atoms with Gasteiger partial charge in [-0.15, -0.1) is 0 Å². The van der Waals surface area contributed by atoms with E-state index in [1.807, 2.05) is 72.8 Å². The van der Waals surface area contributed by atoms with Crippen molar-refractivity contribution in [2.45, 2.75) is 50.7 Å². The van der Waals surface area contributed by atoms with Crippen molar-refractivity contribution in [1.29, 1.82) is 10.5 Å². The van der Waals surface area contributed by atoms with Crippen LogP contribution in [-0.2, 0) is 29.3 Å². The molecule has 1 aromatic heterocycles. The summed E-state index contributed by atoms with van der Waals surface area (Å²) in [5, 5.41) is 45.1. The Kier molecular flexibility index (Phi) is 14.2. The lowest BCUT2D eigenvalue weighted by Crippen LogP contribution is -2.67. The summed E-state index contributed by atoms with van der Waals surface area (Å²) >= 11 is 20.8. The van der Waals surface area contributed by atoms with Crippen molar-refractivity contribution in [2.75, 3.05) is 32.8 Å². The van der Waals surface area contributed by atoms with Gasteiger partial charge in [0.1, 0.15) is 30.6 Å². The molecule has 1 amide bonds. The summed E-state index contributed by atoms with van der Waals surface area (Å²) < 4.78 is 18.2. The number of aliphatic hydroxyl groups excluding tert-OH is 1. The van der Waals surface area contributed by atoms with Gasteiger partial charge < -0.3 is 35.1 Å². The number of carboxylic acid groups (broad SMARTS) is 1. The first-order valence-corrected chi connectivity index (χ1v) is 20.9. The van der Waals surface area contributed by atoms with E-state index in [4.69, 9.17) is 54.1 Å². The van der Waals surface area contributed by atoms with Crippen molar-refractivity contribution < 1.29 is 34.0 Å². The van der Waals surface area contributed by atoms with Crippen LogP contribution in [0.3, 0.4) is 0 Å². The Hall–Kier alpha value is -5.90. The highest BCUT2D eigenvalue weighted by molar-refractivity contribution is 6.38. The number of aromatic nitrogens is 1. The second-order valence-corrected chi connectivity index (χ2v) is 16.4. The fourth-order valence-electron chi connectivity index (χ4n) is 7.56. The minimum Gasteiger partial charge on any atom is -0.492 e. The first-order valence-electron chi connectivity index (χ1n) is 19.7. The minimum atomic E-state index is -1.13. The number of hydrogen-bond donors (Lipinski definition) is 4. The van der Waals surface area contributed by atoms with Gasteiger partial charge in [0.25, 0.3) is 0 Å². The number of carboxylic acids is 1. The number of nitriles is 2. The van der Waals surface area contributed by atoms with E-state index in [2.05, 4.69) is 20.5 Å². The Morgan fingerprint density at radius 3 is 2.23 bits per heavy atom. The molecule has 2 aliphatic heterocycles. The molecular weight excluding hydrogens is 855 g/mol. The fourth-order valence-corrected chi connectivity index (χ4v) is 8.41. The van der Waals surface area contributed by atoms with Gasteiger partial charge >= 0.3 is 5.97 Å². The van der Waals surface area contributed by atoms with Crippen molar-refractivity contribution in [3.8, 4) is 51.9 Å². The van der Waals surface area contributed by atoms with Crippen molar-refractivity contribution in [3.63, 3.8) is 0 Å². The zero-order valence-electron chi connectivity index (χ0n) is 33.3. The van der Waals surface area contributed by atoms with Gasteiger partial charge in [0, 0.05) is 67.0 Å². The van der Waals surface area contributed by atoms with Gasteiger partial charge in [-0.2, -0.15) is 15.5 Å². The number of likely N-dealkylation sites (tertiary alicyclic amines) is 1. The number of rotatable bonds is 18. The molecule has 62 heavy (non-hydrogen) atoms. The van der Waals surface area contributed by atoms with E-state index in [-0.39, 0.29) is 54.5 Å². The topological polar surface area (TPSA) is 190 Å². The average molecular weight is 896 g/mol. The van der Waals surface area contributed by atoms with Crippen LogP contribution in [0.1, 0.15) is 47.1 Å². The SMILES string of the molecule is N#Cc1cc(C#N)cc(COc2nc(OCc3cccc(-c4cccc(-c5ccc(OCCN6CC7(CCC(=O)N7)C6)cc5)c4Cl)c3Cl)c(Cl)cc2CNC[C@@H](O)CC(=O)O)c1. The van der Waals surface area contributed by atoms with E-state index in [1.54, 1.807) is 18.2 Å². The number of carbonyl (C=O) groups excluding carboxylic acids is 1. The number of carbonyl (C=O) groups is 2. The lowest BCUT2D eigenvalue weighted by molar-refractivity contribution is -0.139. The number of aliphatic hydroxyl groups is 1. The number of pyridine rings is 1. The van der Waals surface area contributed by atoms with Crippen molar-refractivity contribution in [3.05, 3.63) is 128 Å². The van der Waals surface area contributed by atoms with E-state index in [0.29, 0.717) is 56.5 Å². The maximum atomic E-state index is 11.6. The maximum absolute atomic E-state index is 11.6. The van der Waals surface area contributed by atoms with Gasteiger partial charge in [0.05, 0.1) is 51.4 Å². The Labute approximate surface area is 373 Å². The third-order valence-electron chi connectivity index (χ3n) is 10.6. The molecule has 4 N–H and O–H groups in total. The number of nitrogens with one attached hydrogen (secondary N) is 2. The van der Waals surface area contributed by atoms with Crippen molar-refractivity contribution >= 4 is 46.7 Å². The van der Waals surface area contributed by atoms with Gasteiger partial charge in [-0.25, -0.2) is 0 Å². The number of amides is 1. The average Bonchev–Trinajstić information content (AvgIpc) is 3.64. The minimum absolute atomic E-state index is 0.0228. The Morgan fingerprint density at radius 1 is 0.871 bits per heavy atom. The summed E-state index contributed by atoms with van der Waals surface area (Å²) in [7, 11) is 0. The molecule has 0 radical (unpaired) electrons. The molecule has 0 aliphatic carbocycles. The number of hydrogen-bond acceptors (Lipinski definition) is 11. The second kappa shape index (κ2) is 19.9. The molecule has 0 unspecified atom stereocenters. The lowest BCUT2D eigenvalue weighted by Gasteiger charge is -2.47. The maximum Gasteiger partial charge on any atom is 0.306 e. The number of halogens is 3. The van der Waals surface area contributed by atoms with Gasteiger partial charge in [-0.3, -0.25) is 14.5 Å². The van der Waals surface area contributed by atoms with E-state index < -0.39 is 18.5 Å². The van der Waals surface area contributed by atoms with Gasteiger partial charge in [0.2, 0.25) is 17.7 Å². The van der Waals surface area contributed by atoms with Crippen LogP contribution >= 0.6 is 34.8 Å². The lowest BCUT2D eigenvalue weighted by atomic mass is 9.88. The predicted molar refractivity (Wildman–Crippen MR) is 233 cm³/mol. The summed E-state index contributed by atoms with van der Waals surface area (Å²) in [5.41, 5.74) is 5.33. The quantitative estimate of drug-likeness (QED) is 0.0677. The van der Waals surface area contributed by atoms with Gasteiger partial charge in [-0.05, 0) is 53.9 Å². The molecule has 2 fully saturated rings. The van der Waals surface area contributed by atoms with Crippen LogP contribution in [0.2, 0.25) is 15.1 Å². The molecule has 1 spiro atoms. The molecule has 1 atom stereocenters. The zero-order valence-corrected chi connectivity index (χ0v) is 35.6. The molecule has 3 heterocycles.